The molecule has 1 aromatic carbocycles. The van der Waals surface area contributed by atoms with Crippen molar-refractivity contribution in [1.29, 1.82) is 0 Å². The number of fused-ring (bicyclic) bond motifs is 1. The highest BCUT2D eigenvalue weighted by Crippen LogP contribution is 2.27. The average Bonchev–Trinajstić information content (AvgIpc) is 2.82. The number of hydrogen-bond acceptors (Lipinski definition) is 3. The highest BCUT2D eigenvalue weighted by atomic mass is 19.1. The second-order valence-corrected chi connectivity index (χ2v) is 4.23. The molecule has 1 N–H and O–H groups in total. The lowest BCUT2D eigenvalue weighted by Gasteiger charge is -2.02. The van der Waals surface area contributed by atoms with Crippen LogP contribution in [0.15, 0.2) is 46.9 Å². The molecule has 2 heterocycles. The maximum Gasteiger partial charge on any atom is 0.153 e. The van der Waals surface area contributed by atoms with Gasteiger partial charge >= 0.3 is 0 Å². The third kappa shape index (κ3) is 2.29. The van der Waals surface area contributed by atoms with Crippen LogP contribution in [0, 0.1) is 5.82 Å². The molecule has 96 valence electrons. The number of anilines is 1. The third-order valence-electron chi connectivity index (χ3n) is 2.84. The van der Waals surface area contributed by atoms with Crippen molar-refractivity contribution in [3.8, 4) is 11.5 Å². The van der Waals surface area contributed by atoms with E-state index in [-0.39, 0.29) is 5.82 Å². The van der Waals surface area contributed by atoms with E-state index in [1.54, 1.807) is 12.1 Å². The molecule has 3 rings (SSSR count). The van der Waals surface area contributed by atoms with Crippen molar-refractivity contribution < 1.29 is 8.81 Å². The number of hydrogen-bond donors (Lipinski definition) is 1. The van der Waals surface area contributed by atoms with Gasteiger partial charge in [0.25, 0.3) is 0 Å². The molecule has 19 heavy (non-hydrogen) atoms. The van der Waals surface area contributed by atoms with Gasteiger partial charge in [0.05, 0.1) is 0 Å². The number of pyridine rings is 1. The van der Waals surface area contributed by atoms with Crippen molar-refractivity contribution >= 4 is 16.8 Å². The number of aromatic nitrogens is 1. The van der Waals surface area contributed by atoms with E-state index in [1.807, 2.05) is 25.1 Å². The van der Waals surface area contributed by atoms with Gasteiger partial charge in [-0.1, -0.05) is 6.07 Å². The van der Waals surface area contributed by atoms with E-state index in [4.69, 9.17) is 4.42 Å². The number of furan rings is 1. The fraction of sp³-hybridized carbons (Fsp3) is 0.133. The molecule has 0 atom stereocenters. The number of benzene rings is 1. The van der Waals surface area contributed by atoms with Crippen molar-refractivity contribution in [2.24, 2.45) is 0 Å². The fourth-order valence-electron chi connectivity index (χ4n) is 1.99. The Balaban J connectivity index is 2.05. The molecule has 4 heteroatoms. The predicted molar refractivity (Wildman–Crippen MR) is 73.6 cm³/mol. The first kappa shape index (κ1) is 11.7. The van der Waals surface area contributed by atoms with Crippen LogP contribution < -0.4 is 5.32 Å². The molecule has 0 fully saturated rings. The van der Waals surface area contributed by atoms with Crippen LogP contribution in [-0.4, -0.2) is 11.5 Å². The fourth-order valence-corrected chi connectivity index (χ4v) is 1.99. The van der Waals surface area contributed by atoms with Crippen LogP contribution in [-0.2, 0) is 0 Å². The normalized spacial score (nSPS) is 10.8. The van der Waals surface area contributed by atoms with Gasteiger partial charge in [-0.15, -0.1) is 0 Å². The highest BCUT2D eigenvalue weighted by Gasteiger charge is 2.08. The monoisotopic (exact) mass is 256 g/mol. The lowest BCUT2D eigenvalue weighted by atomic mass is 10.2. The lowest BCUT2D eigenvalue weighted by molar-refractivity contribution is 0.618. The summed E-state index contributed by atoms with van der Waals surface area (Å²) < 4.78 is 18.8. The summed E-state index contributed by atoms with van der Waals surface area (Å²) in [6, 6.07) is 12.0. The maximum absolute atomic E-state index is 13.1. The minimum absolute atomic E-state index is 0.269. The summed E-state index contributed by atoms with van der Waals surface area (Å²) in [5, 5.41) is 3.89. The molecule has 3 aromatic rings. The Bertz CT molecular complexity index is 721. The minimum Gasteiger partial charge on any atom is -0.454 e. The van der Waals surface area contributed by atoms with Gasteiger partial charge in [-0.05, 0) is 43.3 Å². The van der Waals surface area contributed by atoms with Crippen LogP contribution in [0.1, 0.15) is 6.92 Å². The second-order valence-electron chi connectivity index (χ2n) is 4.23. The van der Waals surface area contributed by atoms with Crippen LogP contribution in [0.3, 0.4) is 0 Å². The Kier molecular flexibility index (Phi) is 2.91. The second kappa shape index (κ2) is 4.72. The molecular formula is C15H13FN2O. The molecule has 0 spiro atoms. The molecule has 3 nitrogen and oxygen atoms in total. The van der Waals surface area contributed by atoms with Crippen molar-refractivity contribution in [2.75, 3.05) is 11.9 Å². The smallest absolute Gasteiger partial charge is 0.153 e. The van der Waals surface area contributed by atoms with E-state index in [2.05, 4.69) is 10.3 Å². The Morgan fingerprint density at radius 2 is 2.11 bits per heavy atom. The standard InChI is InChI=1S/C15H13FN2O/c1-2-17-15-5-3-4-12(18-15)14-9-10-8-11(16)6-7-13(10)19-14/h3-9H,2H2,1H3,(H,17,18). The number of rotatable bonds is 3. The molecule has 0 aliphatic heterocycles. The molecule has 0 aliphatic rings. The van der Waals surface area contributed by atoms with E-state index in [0.29, 0.717) is 11.3 Å². The SMILES string of the molecule is CCNc1cccc(-c2cc3cc(F)ccc3o2)n1. The largest absolute Gasteiger partial charge is 0.454 e. The van der Waals surface area contributed by atoms with Gasteiger partial charge in [0.15, 0.2) is 5.76 Å². The lowest BCUT2D eigenvalue weighted by Crippen LogP contribution is -1.99. The summed E-state index contributed by atoms with van der Waals surface area (Å²) >= 11 is 0. The number of halogens is 1. The molecule has 0 saturated carbocycles. The first-order valence-electron chi connectivity index (χ1n) is 6.16. The zero-order chi connectivity index (χ0) is 13.2. The van der Waals surface area contributed by atoms with Gasteiger partial charge in [0.1, 0.15) is 22.9 Å². The summed E-state index contributed by atoms with van der Waals surface area (Å²) in [4.78, 5) is 4.45. The van der Waals surface area contributed by atoms with Crippen LogP contribution >= 0.6 is 0 Å². The quantitative estimate of drug-likeness (QED) is 0.767. The molecule has 0 unspecified atom stereocenters. The van der Waals surface area contributed by atoms with Gasteiger partial charge in [-0.3, -0.25) is 0 Å². The molecule has 0 amide bonds. The van der Waals surface area contributed by atoms with E-state index in [9.17, 15) is 4.39 Å². The van der Waals surface area contributed by atoms with Gasteiger partial charge in [0.2, 0.25) is 0 Å². The predicted octanol–water partition coefficient (Wildman–Crippen LogP) is 4.07. The average molecular weight is 256 g/mol. The van der Waals surface area contributed by atoms with Crippen LogP contribution in [0.25, 0.3) is 22.4 Å². The molecule has 0 aliphatic carbocycles. The minimum atomic E-state index is -0.269. The van der Waals surface area contributed by atoms with Crippen LogP contribution in [0.2, 0.25) is 0 Å². The molecule has 0 saturated heterocycles. The van der Waals surface area contributed by atoms with Gasteiger partial charge in [0, 0.05) is 11.9 Å². The summed E-state index contributed by atoms with van der Waals surface area (Å²) in [7, 11) is 0. The topological polar surface area (TPSA) is 38.1 Å². The third-order valence-corrected chi connectivity index (χ3v) is 2.84. The zero-order valence-electron chi connectivity index (χ0n) is 10.5. The molecule has 0 bridgehead atoms. The van der Waals surface area contributed by atoms with Crippen LogP contribution in [0.5, 0.6) is 0 Å². The van der Waals surface area contributed by atoms with E-state index < -0.39 is 0 Å². The van der Waals surface area contributed by atoms with Gasteiger partial charge < -0.3 is 9.73 Å². The van der Waals surface area contributed by atoms with Gasteiger partial charge in [-0.2, -0.15) is 0 Å². The zero-order valence-corrected chi connectivity index (χ0v) is 10.5. The van der Waals surface area contributed by atoms with Crippen LogP contribution in [0.4, 0.5) is 10.2 Å². The van der Waals surface area contributed by atoms with E-state index >= 15 is 0 Å². The number of nitrogens with one attached hydrogen (secondary N) is 1. The maximum atomic E-state index is 13.1. The van der Waals surface area contributed by atoms with Crippen molar-refractivity contribution in [3.63, 3.8) is 0 Å². The summed E-state index contributed by atoms with van der Waals surface area (Å²) in [6.07, 6.45) is 0. The first-order chi connectivity index (χ1) is 9.26. The van der Waals surface area contributed by atoms with Crippen molar-refractivity contribution in [3.05, 3.63) is 48.3 Å². The summed E-state index contributed by atoms with van der Waals surface area (Å²) in [5.41, 5.74) is 1.39. The van der Waals surface area contributed by atoms with Crippen molar-refractivity contribution in [1.82, 2.24) is 4.98 Å². The Labute approximate surface area is 110 Å². The van der Waals surface area contributed by atoms with E-state index in [1.165, 1.54) is 12.1 Å². The van der Waals surface area contributed by atoms with E-state index in [0.717, 1.165) is 23.4 Å². The Morgan fingerprint density at radius 3 is 2.95 bits per heavy atom. The molecule has 0 radical (unpaired) electrons. The van der Waals surface area contributed by atoms with Gasteiger partial charge in [-0.25, -0.2) is 9.37 Å². The summed E-state index contributed by atoms with van der Waals surface area (Å²) in [5.74, 6) is 1.17. The van der Waals surface area contributed by atoms with Crippen molar-refractivity contribution in [2.45, 2.75) is 6.92 Å². The molecular weight excluding hydrogens is 243 g/mol. The number of nitrogens with zero attached hydrogens (tertiary/aromatic N) is 1. The Hall–Kier alpha value is -2.36. The summed E-state index contributed by atoms with van der Waals surface area (Å²) in [6.45, 7) is 2.82. The first-order valence-corrected chi connectivity index (χ1v) is 6.16. The highest BCUT2D eigenvalue weighted by molar-refractivity contribution is 5.82. The molecule has 2 aromatic heterocycles. The Morgan fingerprint density at radius 1 is 1.21 bits per heavy atom.